The maximum absolute atomic E-state index is 13.4. The van der Waals surface area contributed by atoms with Crippen LogP contribution in [0.25, 0.3) is 0 Å². The van der Waals surface area contributed by atoms with Crippen molar-refractivity contribution in [1.29, 1.82) is 0 Å². The second kappa shape index (κ2) is 8.11. The van der Waals surface area contributed by atoms with Crippen LogP contribution in [0.4, 0.5) is 5.69 Å². The van der Waals surface area contributed by atoms with Gasteiger partial charge in [0.1, 0.15) is 4.21 Å². The summed E-state index contributed by atoms with van der Waals surface area (Å²) in [6, 6.07) is 11.3. The van der Waals surface area contributed by atoms with Gasteiger partial charge in [0, 0.05) is 29.3 Å². The van der Waals surface area contributed by atoms with Gasteiger partial charge in [0.05, 0.1) is 5.69 Å². The molecule has 1 aliphatic heterocycles. The van der Waals surface area contributed by atoms with Crippen molar-refractivity contribution in [2.75, 3.05) is 17.4 Å². The third-order valence-corrected chi connectivity index (χ3v) is 8.68. The van der Waals surface area contributed by atoms with E-state index in [1.54, 1.807) is 10.4 Å². The Morgan fingerprint density at radius 3 is 2.55 bits per heavy atom. The SMILES string of the molecule is CC(C)C1CN(S(=O)(=O)c2ccc(CCNC(=O)C(C)(C)C)s2)c2ccccc21. The van der Waals surface area contributed by atoms with E-state index in [-0.39, 0.29) is 11.8 Å². The fourth-order valence-corrected chi connectivity index (χ4v) is 6.49. The van der Waals surface area contributed by atoms with Crippen LogP contribution < -0.4 is 9.62 Å². The highest BCUT2D eigenvalue weighted by Crippen LogP contribution is 2.43. The summed E-state index contributed by atoms with van der Waals surface area (Å²) in [6.45, 7) is 10.9. The number of carbonyl (C=O) groups excluding carboxylic acids is 1. The maximum Gasteiger partial charge on any atom is 0.273 e. The maximum atomic E-state index is 13.4. The first kappa shape index (κ1) is 21.8. The summed E-state index contributed by atoms with van der Waals surface area (Å²) in [5, 5.41) is 2.91. The molecule has 158 valence electrons. The largest absolute Gasteiger partial charge is 0.355 e. The van der Waals surface area contributed by atoms with Crippen molar-refractivity contribution < 1.29 is 13.2 Å². The summed E-state index contributed by atoms with van der Waals surface area (Å²) in [5.41, 5.74) is 1.46. The van der Waals surface area contributed by atoms with Crippen LogP contribution >= 0.6 is 11.3 Å². The molecule has 0 saturated carbocycles. The summed E-state index contributed by atoms with van der Waals surface area (Å²) < 4.78 is 28.6. The molecule has 29 heavy (non-hydrogen) atoms. The zero-order valence-electron chi connectivity index (χ0n) is 17.7. The summed E-state index contributed by atoms with van der Waals surface area (Å²) in [7, 11) is -3.60. The van der Waals surface area contributed by atoms with E-state index in [1.807, 2.05) is 51.1 Å². The molecule has 1 aromatic carbocycles. The number of hydrogen-bond donors (Lipinski definition) is 1. The Morgan fingerprint density at radius 2 is 1.90 bits per heavy atom. The van der Waals surface area contributed by atoms with Crippen LogP contribution in [0.2, 0.25) is 0 Å². The lowest BCUT2D eigenvalue weighted by molar-refractivity contribution is -0.128. The monoisotopic (exact) mass is 434 g/mol. The van der Waals surface area contributed by atoms with Crippen molar-refractivity contribution in [3.05, 3.63) is 46.8 Å². The first-order valence-electron chi connectivity index (χ1n) is 10.0. The quantitative estimate of drug-likeness (QED) is 0.733. The highest BCUT2D eigenvalue weighted by Gasteiger charge is 2.38. The number of rotatable bonds is 6. The molecule has 2 heterocycles. The normalized spacial score (nSPS) is 16.9. The summed E-state index contributed by atoms with van der Waals surface area (Å²) in [4.78, 5) is 12.9. The fraction of sp³-hybridized carbons (Fsp3) is 0.500. The number of sulfonamides is 1. The van der Waals surface area contributed by atoms with Gasteiger partial charge >= 0.3 is 0 Å². The van der Waals surface area contributed by atoms with Crippen LogP contribution in [0.1, 0.15) is 51.0 Å². The molecule has 5 nitrogen and oxygen atoms in total. The number of amides is 1. The third kappa shape index (κ3) is 4.51. The van der Waals surface area contributed by atoms with E-state index in [1.165, 1.54) is 11.3 Å². The molecule has 1 amide bonds. The van der Waals surface area contributed by atoms with Crippen molar-refractivity contribution in [2.45, 2.75) is 51.2 Å². The van der Waals surface area contributed by atoms with Crippen molar-refractivity contribution in [1.82, 2.24) is 5.32 Å². The molecule has 0 aliphatic carbocycles. The molecule has 0 fully saturated rings. The van der Waals surface area contributed by atoms with Crippen LogP contribution in [0, 0.1) is 11.3 Å². The van der Waals surface area contributed by atoms with Crippen molar-refractivity contribution in [3.63, 3.8) is 0 Å². The molecule has 1 unspecified atom stereocenters. The summed E-state index contributed by atoms with van der Waals surface area (Å²) >= 11 is 1.29. The Kier molecular flexibility index (Phi) is 6.11. The first-order valence-corrected chi connectivity index (χ1v) is 12.3. The summed E-state index contributed by atoms with van der Waals surface area (Å²) in [5.74, 6) is 0.560. The van der Waals surface area contributed by atoms with Crippen molar-refractivity contribution in [3.8, 4) is 0 Å². The molecule has 1 N–H and O–H groups in total. The Balaban J connectivity index is 1.75. The van der Waals surface area contributed by atoms with Gasteiger partial charge in [-0.15, -0.1) is 11.3 Å². The van der Waals surface area contributed by atoms with Gasteiger partial charge < -0.3 is 5.32 Å². The van der Waals surface area contributed by atoms with Gasteiger partial charge in [-0.3, -0.25) is 9.10 Å². The number of nitrogens with one attached hydrogen (secondary N) is 1. The van der Waals surface area contributed by atoms with Gasteiger partial charge in [0.15, 0.2) is 0 Å². The lowest BCUT2D eigenvalue weighted by atomic mass is 9.90. The Hall–Kier alpha value is -1.86. The molecule has 7 heteroatoms. The molecule has 2 aromatic rings. The number of nitrogens with zero attached hydrogens (tertiary/aromatic N) is 1. The number of anilines is 1. The Bertz CT molecular complexity index is 987. The van der Waals surface area contributed by atoms with E-state index in [2.05, 4.69) is 19.2 Å². The van der Waals surface area contributed by atoms with Gasteiger partial charge in [-0.1, -0.05) is 52.8 Å². The van der Waals surface area contributed by atoms with Crippen LogP contribution in [0.5, 0.6) is 0 Å². The molecule has 0 radical (unpaired) electrons. The molecule has 0 bridgehead atoms. The second-order valence-corrected chi connectivity index (χ2v) is 12.2. The highest BCUT2D eigenvalue weighted by molar-refractivity contribution is 7.94. The Morgan fingerprint density at radius 1 is 1.21 bits per heavy atom. The molecule has 0 spiro atoms. The standard InChI is InChI=1S/C22H30N2O3S2/c1-15(2)18-14-24(19-9-7-6-8-17(18)19)29(26,27)20-11-10-16(28-20)12-13-23-21(25)22(3,4)5/h6-11,15,18H,12-14H2,1-5H3,(H,23,25). The Labute approximate surface area is 178 Å². The van der Waals surface area contributed by atoms with E-state index in [4.69, 9.17) is 0 Å². The first-order chi connectivity index (χ1) is 13.5. The van der Waals surface area contributed by atoms with Crippen molar-refractivity contribution in [2.24, 2.45) is 11.3 Å². The average molecular weight is 435 g/mol. The number of fused-ring (bicyclic) bond motifs is 1. The topological polar surface area (TPSA) is 66.5 Å². The molecule has 3 rings (SSSR count). The van der Waals surface area contributed by atoms with Gasteiger partial charge in [0.25, 0.3) is 10.0 Å². The van der Waals surface area contributed by atoms with Crippen molar-refractivity contribution >= 4 is 33.0 Å². The van der Waals surface area contributed by atoms with E-state index in [9.17, 15) is 13.2 Å². The highest BCUT2D eigenvalue weighted by atomic mass is 32.2. The zero-order chi connectivity index (χ0) is 21.4. The third-order valence-electron chi connectivity index (χ3n) is 5.29. The number of carbonyl (C=O) groups is 1. The predicted octanol–water partition coefficient (Wildman–Crippen LogP) is 4.40. The number of thiophene rings is 1. The van der Waals surface area contributed by atoms with Crippen LogP contribution in [0.3, 0.4) is 0 Å². The van der Waals surface area contributed by atoms with E-state index >= 15 is 0 Å². The smallest absolute Gasteiger partial charge is 0.273 e. The summed E-state index contributed by atoms with van der Waals surface area (Å²) in [6.07, 6.45) is 0.618. The number of hydrogen-bond acceptors (Lipinski definition) is 4. The van der Waals surface area contributed by atoms with Gasteiger partial charge in [-0.05, 0) is 36.1 Å². The lowest BCUT2D eigenvalue weighted by Gasteiger charge is -2.20. The molecule has 1 atom stereocenters. The molecule has 0 saturated heterocycles. The fourth-order valence-electron chi connectivity index (χ4n) is 3.51. The molecule has 1 aliphatic rings. The molecule has 1 aromatic heterocycles. The van der Waals surface area contributed by atoms with Crippen LogP contribution in [0.15, 0.2) is 40.6 Å². The van der Waals surface area contributed by atoms with Gasteiger partial charge in [0.2, 0.25) is 5.91 Å². The van der Waals surface area contributed by atoms with E-state index < -0.39 is 15.4 Å². The molecular weight excluding hydrogens is 404 g/mol. The van der Waals surface area contributed by atoms with E-state index in [0.29, 0.717) is 29.6 Å². The van der Waals surface area contributed by atoms with E-state index in [0.717, 1.165) is 16.1 Å². The van der Waals surface area contributed by atoms with Gasteiger partial charge in [-0.2, -0.15) is 0 Å². The minimum absolute atomic E-state index is 0.00435. The zero-order valence-corrected chi connectivity index (χ0v) is 19.4. The van der Waals surface area contributed by atoms with Gasteiger partial charge in [-0.25, -0.2) is 8.42 Å². The minimum atomic E-state index is -3.60. The van der Waals surface area contributed by atoms with Crippen LogP contribution in [-0.2, 0) is 21.2 Å². The van der Waals surface area contributed by atoms with Crippen LogP contribution in [-0.4, -0.2) is 27.4 Å². The average Bonchev–Trinajstić information content (AvgIpc) is 3.26. The number of para-hydroxylation sites is 1. The number of benzene rings is 1. The predicted molar refractivity (Wildman–Crippen MR) is 119 cm³/mol. The second-order valence-electron chi connectivity index (χ2n) is 8.92. The molecular formula is C22H30N2O3S2. The minimum Gasteiger partial charge on any atom is -0.355 e. The lowest BCUT2D eigenvalue weighted by Crippen LogP contribution is -2.35.